The molecular weight excluding hydrogens is 501 g/mol. The molecule has 0 spiro atoms. The molecule has 1 aliphatic rings. The summed E-state index contributed by atoms with van der Waals surface area (Å²) in [5.41, 5.74) is 2.58. The van der Waals surface area contributed by atoms with Crippen LogP contribution in [0.4, 0.5) is 18.9 Å². The Morgan fingerprint density at radius 3 is 2.15 bits per heavy atom. The van der Waals surface area contributed by atoms with E-state index in [4.69, 9.17) is 4.74 Å². The molecule has 3 aromatic carbocycles. The number of hydrogen-bond acceptors (Lipinski definition) is 4. The van der Waals surface area contributed by atoms with Gasteiger partial charge in [-0.3, -0.25) is 0 Å². The van der Waals surface area contributed by atoms with Crippen LogP contribution in [-0.4, -0.2) is 49.8 Å². The number of alkyl halides is 3. The van der Waals surface area contributed by atoms with Crippen molar-refractivity contribution >= 4 is 11.7 Å². The van der Waals surface area contributed by atoms with Gasteiger partial charge in [-0.1, -0.05) is 66.7 Å². The van der Waals surface area contributed by atoms with Crippen molar-refractivity contribution < 1.29 is 22.7 Å². The SMILES string of the molecule is COC(=O)c1ccc(-c2ccccc2)cc1NC(Cc1ccccc1)C1CCN(CC(C)(C)C(F)(F)F)CC1. The summed E-state index contributed by atoms with van der Waals surface area (Å²) in [5.74, 6) is -0.193. The Morgan fingerprint density at radius 1 is 0.949 bits per heavy atom. The fourth-order valence-corrected chi connectivity index (χ4v) is 5.33. The van der Waals surface area contributed by atoms with E-state index in [0.29, 0.717) is 24.3 Å². The number of rotatable bonds is 9. The van der Waals surface area contributed by atoms with E-state index in [9.17, 15) is 18.0 Å². The lowest BCUT2D eigenvalue weighted by atomic mass is 9.84. The number of ether oxygens (including phenoxy) is 1. The number of esters is 1. The lowest BCUT2D eigenvalue weighted by Crippen LogP contribution is -2.48. The van der Waals surface area contributed by atoms with Gasteiger partial charge in [0.05, 0.1) is 18.1 Å². The van der Waals surface area contributed by atoms with Crippen LogP contribution >= 0.6 is 0 Å². The summed E-state index contributed by atoms with van der Waals surface area (Å²) >= 11 is 0. The fourth-order valence-electron chi connectivity index (χ4n) is 5.33. The third-order valence-electron chi connectivity index (χ3n) is 7.76. The highest BCUT2D eigenvalue weighted by molar-refractivity contribution is 5.96. The van der Waals surface area contributed by atoms with Crippen LogP contribution in [-0.2, 0) is 11.2 Å². The van der Waals surface area contributed by atoms with Gasteiger partial charge in [0.15, 0.2) is 0 Å². The molecule has 3 aromatic rings. The first-order valence-electron chi connectivity index (χ1n) is 13.4. The topological polar surface area (TPSA) is 41.6 Å². The molecule has 39 heavy (non-hydrogen) atoms. The summed E-state index contributed by atoms with van der Waals surface area (Å²) in [6, 6.07) is 25.8. The Morgan fingerprint density at radius 2 is 1.56 bits per heavy atom. The molecule has 4 rings (SSSR count). The zero-order valence-electron chi connectivity index (χ0n) is 22.8. The number of carbonyl (C=O) groups is 1. The maximum atomic E-state index is 13.5. The zero-order valence-corrected chi connectivity index (χ0v) is 22.8. The van der Waals surface area contributed by atoms with Gasteiger partial charge >= 0.3 is 12.1 Å². The van der Waals surface area contributed by atoms with Crippen molar-refractivity contribution in [1.29, 1.82) is 0 Å². The van der Waals surface area contributed by atoms with E-state index in [2.05, 4.69) is 17.4 Å². The van der Waals surface area contributed by atoms with Crippen molar-refractivity contribution in [2.24, 2.45) is 11.3 Å². The number of piperidine rings is 1. The average molecular weight is 539 g/mol. The van der Waals surface area contributed by atoms with Crippen LogP contribution in [0, 0.1) is 11.3 Å². The van der Waals surface area contributed by atoms with E-state index >= 15 is 0 Å². The summed E-state index contributed by atoms with van der Waals surface area (Å²) < 4.78 is 45.6. The van der Waals surface area contributed by atoms with Crippen molar-refractivity contribution in [2.45, 2.75) is 45.3 Å². The minimum absolute atomic E-state index is 0.00832. The first-order valence-corrected chi connectivity index (χ1v) is 13.4. The van der Waals surface area contributed by atoms with E-state index < -0.39 is 17.6 Å². The Kier molecular flexibility index (Phi) is 9.01. The van der Waals surface area contributed by atoms with Crippen LogP contribution in [0.3, 0.4) is 0 Å². The summed E-state index contributed by atoms with van der Waals surface area (Å²) in [5, 5.41) is 3.68. The number of nitrogens with one attached hydrogen (secondary N) is 1. The van der Waals surface area contributed by atoms with Crippen molar-refractivity contribution in [2.75, 3.05) is 32.1 Å². The minimum Gasteiger partial charge on any atom is -0.465 e. The monoisotopic (exact) mass is 538 g/mol. The van der Waals surface area contributed by atoms with Gasteiger partial charge in [0, 0.05) is 18.3 Å². The highest BCUT2D eigenvalue weighted by Gasteiger charge is 2.48. The summed E-state index contributed by atoms with van der Waals surface area (Å²) in [7, 11) is 1.37. The number of benzene rings is 3. The molecule has 1 saturated heterocycles. The fraction of sp³-hybridized carbons (Fsp3) is 0.406. The Bertz CT molecular complexity index is 1220. The number of anilines is 1. The van der Waals surface area contributed by atoms with Crippen LogP contribution in [0.5, 0.6) is 0 Å². The molecule has 0 saturated carbocycles. The van der Waals surface area contributed by atoms with E-state index in [0.717, 1.165) is 36.0 Å². The highest BCUT2D eigenvalue weighted by atomic mass is 19.4. The molecule has 0 bridgehead atoms. The molecule has 1 aliphatic heterocycles. The van der Waals surface area contributed by atoms with Crippen LogP contribution in [0.25, 0.3) is 11.1 Å². The molecule has 0 radical (unpaired) electrons. The normalized spacial score (nSPS) is 16.1. The van der Waals surface area contributed by atoms with Gasteiger partial charge in [0.1, 0.15) is 0 Å². The summed E-state index contributed by atoms with van der Waals surface area (Å²) in [6.45, 7) is 3.74. The molecule has 1 unspecified atom stereocenters. The molecule has 208 valence electrons. The highest BCUT2D eigenvalue weighted by Crippen LogP contribution is 2.39. The van der Waals surface area contributed by atoms with Crippen LogP contribution in [0.1, 0.15) is 42.6 Å². The van der Waals surface area contributed by atoms with Crippen LogP contribution in [0.2, 0.25) is 0 Å². The van der Waals surface area contributed by atoms with E-state index in [1.165, 1.54) is 21.0 Å². The second-order valence-electron chi connectivity index (χ2n) is 11.1. The molecule has 4 nitrogen and oxygen atoms in total. The van der Waals surface area contributed by atoms with Gasteiger partial charge in [-0.05, 0) is 80.9 Å². The van der Waals surface area contributed by atoms with Crippen molar-refractivity contribution in [3.63, 3.8) is 0 Å². The maximum absolute atomic E-state index is 13.5. The molecule has 0 aliphatic carbocycles. The average Bonchev–Trinajstić information content (AvgIpc) is 2.93. The second kappa shape index (κ2) is 12.2. The van der Waals surface area contributed by atoms with Gasteiger partial charge in [-0.2, -0.15) is 13.2 Å². The van der Waals surface area contributed by atoms with E-state index in [1.54, 1.807) is 6.07 Å². The van der Waals surface area contributed by atoms with Crippen molar-refractivity contribution in [3.8, 4) is 11.1 Å². The Labute approximate surface area is 229 Å². The molecular formula is C32H37F3N2O2. The first-order chi connectivity index (χ1) is 18.6. The third-order valence-corrected chi connectivity index (χ3v) is 7.76. The van der Waals surface area contributed by atoms with E-state index in [1.807, 2.05) is 65.6 Å². The predicted molar refractivity (Wildman–Crippen MR) is 150 cm³/mol. The number of methoxy groups -OCH3 is 1. The van der Waals surface area contributed by atoms with Gasteiger partial charge in [0.25, 0.3) is 0 Å². The number of carbonyl (C=O) groups excluding carboxylic acids is 1. The molecule has 1 fully saturated rings. The molecule has 1 N–H and O–H groups in total. The number of halogens is 3. The minimum atomic E-state index is -4.24. The molecule has 0 amide bonds. The van der Waals surface area contributed by atoms with Gasteiger partial charge in [-0.25, -0.2) is 4.79 Å². The van der Waals surface area contributed by atoms with E-state index in [-0.39, 0.29) is 18.5 Å². The summed E-state index contributed by atoms with van der Waals surface area (Å²) in [4.78, 5) is 14.6. The second-order valence-corrected chi connectivity index (χ2v) is 11.1. The molecule has 1 heterocycles. The third kappa shape index (κ3) is 7.21. The molecule has 1 atom stereocenters. The van der Waals surface area contributed by atoms with Gasteiger partial charge in [-0.15, -0.1) is 0 Å². The maximum Gasteiger partial charge on any atom is 0.395 e. The Balaban J connectivity index is 1.59. The predicted octanol–water partition coefficient (Wildman–Crippen LogP) is 7.46. The van der Waals surface area contributed by atoms with Gasteiger partial charge < -0.3 is 15.0 Å². The van der Waals surface area contributed by atoms with Crippen LogP contribution in [0.15, 0.2) is 78.9 Å². The van der Waals surface area contributed by atoms with Crippen molar-refractivity contribution in [1.82, 2.24) is 4.90 Å². The van der Waals surface area contributed by atoms with Gasteiger partial charge in [0.2, 0.25) is 0 Å². The lowest BCUT2D eigenvalue weighted by Gasteiger charge is -2.40. The lowest BCUT2D eigenvalue weighted by molar-refractivity contribution is -0.217. The number of nitrogens with zero attached hydrogens (tertiary/aromatic N) is 1. The quantitative estimate of drug-likeness (QED) is 0.287. The first kappa shape index (κ1) is 28.7. The summed E-state index contributed by atoms with van der Waals surface area (Å²) in [6.07, 6.45) is -1.97. The number of hydrogen-bond donors (Lipinski definition) is 1. The smallest absolute Gasteiger partial charge is 0.395 e. The van der Waals surface area contributed by atoms with Crippen molar-refractivity contribution in [3.05, 3.63) is 90.0 Å². The largest absolute Gasteiger partial charge is 0.465 e. The Hall–Kier alpha value is -3.32. The number of likely N-dealkylation sites (tertiary alicyclic amines) is 1. The van der Waals surface area contributed by atoms with Crippen LogP contribution < -0.4 is 5.32 Å². The zero-order chi connectivity index (χ0) is 28.0. The molecule has 0 aromatic heterocycles. The molecule has 7 heteroatoms. The standard InChI is InChI=1S/C32H37F3N2O2/c1-31(2,32(33,34)35)22-37-18-16-25(17-19-37)28(20-23-10-6-4-7-11-23)36-29-21-26(24-12-8-5-9-13-24)14-15-27(29)30(38)39-3/h4-15,21,25,28,36H,16-20,22H2,1-3H3.